The van der Waals surface area contributed by atoms with E-state index in [9.17, 15) is 9.59 Å². The molecule has 0 spiro atoms. The predicted octanol–water partition coefficient (Wildman–Crippen LogP) is 0.802. The van der Waals surface area contributed by atoms with Crippen molar-refractivity contribution in [3.8, 4) is 5.69 Å². The van der Waals surface area contributed by atoms with E-state index in [0.717, 1.165) is 16.8 Å². The standard InChI is InChI=1S/C16H22N4O3/c1-11-5-6-12(2)14(7-11)20-10-17-16(22)19(20)8-15(21)18-13(3)9-23-4/h5-7,10,13H,8-9H2,1-4H3,(H,18,21)/t13-/m1/s1. The fourth-order valence-corrected chi connectivity index (χ4v) is 2.38. The van der Waals surface area contributed by atoms with Crippen LogP contribution in [-0.2, 0) is 16.1 Å². The zero-order valence-electron chi connectivity index (χ0n) is 13.9. The molecule has 7 heteroatoms. The Morgan fingerprint density at radius 3 is 2.83 bits per heavy atom. The number of rotatable bonds is 6. The molecule has 0 aliphatic heterocycles. The van der Waals surface area contributed by atoms with E-state index in [1.54, 1.807) is 11.8 Å². The number of benzene rings is 1. The van der Waals surface area contributed by atoms with Crippen molar-refractivity contribution >= 4 is 5.91 Å². The Balaban J connectivity index is 2.27. The Morgan fingerprint density at radius 1 is 1.39 bits per heavy atom. The van der Waals surface area contributed by atoms with Gasteiger partial charge >= 0.3 is 5.69 Å². The molecule has 0 unspecified atom stereocenters. The van der Waals surface area contributed by atoms with Gasteiger partial charge in [-0.1, -0.05) is 12.1 Å². The smallest absolute Gasteiger partial charge is 0.364 e. The molecule has 1 atom stereocenters. The predicted molar refractivity (Wildman–Crippen MR) is 86.8 cm³/mol. The van der Waals surface area contributed by atoms with E-state index in [-0.39, 0.29) is 18.5 Å². The van der Waals surface area contributed by atoms with Gasteiger partial charge in [0.05, 0.1) is 12.3 Å². The summed E-state index contributed by atoms with van der Waals surface area (Å²) in [5.74, 6) is -0.260. The Labute approximate surface area is 134 Å². The highest BCUT2D eigenvalue weighted by Gasteiger charge is 2.14. The lowest BCUT2D eigenvalue weighted by Crippen LogP contribution is -2.40. The molecule has 1 N–H and O–H groups in total. The SMILES string of the molecule is COC[C@@H](C)NC(=O)Cn1c(=O)ncn1-c1cc(C)ccc1C. The number of methoxy groups -OCH3 is 1. The first-order valence-electron chi connectivity index (χ1n) is 7.42. The lowest BCUT2D eigenvalue weighted by atomic mass is 10.1. The molecule has 0 saturated carbocycles. The van der Waals surface area contributed by atoms with E-state index >= 15 is 0 Å². The summed E-state index contributed by atoms with van der Waals surface area (Å²) >= 11 is 0. The van der Waals surface area contributed by atoms with Crippen LogP contribution in [0.1, 0.15) is 18.1 Å². The molecule has 1 amide bonds. The molecule has 1 heterocycles. The van der Waals surface area contributed by atoms with Crippen LogP contribution in [0.25, 0.3) is 5.69 Å². The summed E-state index contributed by atoms with van der Waals surface area (Å²) in [6.07, 6.45) is 1.44. The first-order chi connectivity index (χ1) is 10.9. The fraction of sp³-hybridized carbons (Fsp3) is 0.438. The van der Waals surface area contributed by atoms with Gasteiger partial charge in [-0.15, -0.1) is 0 Å². The molecule has 0 aliphatic carbocycles. The van der Waals surface area contributed by atoms with Crippen molar-refractivity contribution in [3.05, 3.63) is 46.1 Å². The van der Waals surface area contributed by atoms with E-state index in [1.807, 2.05) is 39.0 Å². The van der Waals surface area contributed by atoms with Crippen molar-refractivity contribution in [1.82, 2.24) is 19.7 Å². The topological polar surface area (TPSA) is 78.2 Å². The van der Waals surface area contributed by atoms with E-state index in [4.69, 9.17) is 4.74 Å². The summed E-state index contributed by atoms with van der Waals surface area (Å²) in [5, 5.41) is 2.79. The van der Waals surface area contributed by atoms with Crippen LogP contribution in [0, 0.1) is 13.8 Å². The number of carbonyl (C=O) groups excluding carboxylic acids is 1. The summed E-state index contributed by atoms with van der Waals surface area (Å²) in [7, 11) is 1.57. The van der Waals surface area contributed by atoms with Crippen LogP contribution in [0.2, 0.25) is 0 Å². The molecular formula is C16H22N4O3. The Bertz CT molecular complexity index is 748. The normalized spacial score (nSPS) is 12.2. The minimum atomic E-state index is -0.458. The minimum absolute atomic E-state index is 0.0970. The second-order valence-electron chi connectivity index (χ2n) is 5.64. The molecule has 7 nitrogen and oxygen atoms in total. The van der Waals surface area contributed by atoms with E-state index in [0.29, 0.717) is 6.61 Å². The monoisotopic (exact) mass is 318 g/mol. The zero-order valence-corrected chi connectivity index (χ0v) is 13.9. The van der Waals surface area contributed by atoms with Crippen LogP contribution < -0.4 is 11.0 Å². The van der Waals surface area contributed by atoms with Crippen molar-refractivity contribution in [2.24, 2.45) is 0 Å². The molecule has 0 bridgehead atoms. The molecule has 23 heavy (non-hydrogen) atoms. The highest BCUT2D eigenvalue weighted by molar-refractivity contribution is 5.75. The molecule has 1 aromatic heterocycles. The van der Waals surface area contributed by atoms with Crippen molar-refractivity contribution in [2.45, 2.75) is 33.4 Å². The number of nitrogens with zero attached hydrogens (tertiary/aromatic N) is 3. The highest BCUT2D eigenvalue weighted by atomic mass is 16.5. The van der Waals surface area contributed by atoms with Gasteiger partial charge in [0.2, 0.25) is 5.91 Å². The summed E-state index contributed by atoms with van der Waals surface area (Å²) < 4.78 is 7.92. The molecule has 0 aliphatic rings. The number of nitrogens with one attached hydrogen (secondary N) is 1. The average molecular weight is 318 g/mol. The highest BCUT2D eigenvalue weighted by Crippen LogP contribution is 2.14. The third-order valence-corrected chi connectivity index (χ3v) is 3.49. The molecule has 0 saturated heterocycles. The number of ether oxygens (including phenoxy) is 1. The summed E-state index contributed by atoms with van der Waals surface area (Å²) in [6, 6.07) is 5.80. The molecule has 0 fully saturated rings. The van der Waals surface area contributed by atoms with Gasteiger partial charge in [-0.3, -0.25) is 4.79 Å². The number of hydrogen-bond acceptors (Lipinski definition) is 4. The number of carbonyl (C=O) groups is 1. The van der Waals surface area contributed by atoms with Crippen LogP contribution in [0.4, 0.5) is 0 Å². The van der Waals surface area contributed by atoms with Crippen LogP contribution >= 0.6 is 0 Å². The molecule has 1 aromatic carbocycles. The van der Waals surface area contributed by atoms with Crippen molar-refractivity contribution in [1.29, 1.82) is 0 Å². The second-order valence-corrected chi connectivity index (χ2v) is 5.64. The zero-order chi connectivity index (χ0) is 17.0. The van der Waals surface area contributed by atoms with Gasteiger partial charge in [0.15, 0.2) is 0 Å². The van der Waals surface area contributed by atoms with Gasteiger partial charge in [-0.2, -0.15) is 4.98 Å². The van der Waals surface area contributed by atoms with Gasteiger partial charge in [-0.05, 0) is 38.0 Å². The Morgan fingerprint density at radius 2 is 2.13 bits per heavy atom. The quantitative estimate of drug-likeness (QED) is 0.854. The van der Waals surface area contributed by atoms with Gasteiger partial charge in [-0.25, -0.2) is 14.2 Å². The lowest BCUT2D eigenvalue weighted by Gasteiger charge is -2.15. The first-order valence-corrected chi connectivity index (χ1v) is 7.42. The number of aromatic nitrogens is 3. The summed E-state index contributed by atoms with van der Waals surface area (Å²) in [6.45, 7) is 6.08. The van der Waals surface area contributed by atoms with Crippen LogP contribution in [0.3, 0.4) is 0 Å². The fourth-order valence-electron chi connectivity index (χ4n) is 2.38. The van der Waals surface area contributed by atoms with E-state index < -0.39 is 5.69 Å². The van der Waals surface area contributed by atoms with Crippen molar-refractivity contribution in [3.63, 3.8) is 0 Å². The van der Waals surface area contributed by atoms with Crippen LogP contribution in [0.5, 0.6) is 0 Å². The third-order valence-electron chi connectivity index (χ3n) is 3.49. The molecule has 2 rings (SSSR count). The van der Waals surface area contributed by atoms with Crippen LogP contribution in [0.15, 0.2) is 29.3 Å². The largest absolute Gasteiger partial charge is 0.383 e. The van der Waals surface area contributed by atoms with Gasteiger partial charge in [0.1, 0.15) is 12.9 Å². The molecule has 124 valence electrons. The van der Waals surface area contributed by atoms with E-state index in [1.165, 1.54) is 11.0 Å². The molecule has 0 radical (unpaired) electrons. The Hall–Kier alpha value is -2.41. The maximum Gasteiger partial charge on any atom is 0.364 e. The lowest BCUT2D eigenvalue weighted by molar-refractivity contribution is -0.122. The van der Waals surface area contributed by atoms with Crippen molar-refractivity contribution in [2.75, 3.05) is 13.7 Å². The van der Waals surface area contributed by atoms with Crippen molar-refractivity contribution < 1.29 is 9.53 Å². The number of aryl methyl sites for hydroxylation is 2. The second kappa shape index (κ2) is 7.23. The first kappa shape index (κ1) is 17.0. The average Bonchev–Trinajstić information content (AvgIpc) is 2.83. The molecule has 2 aromatic rings. The van der Waals surface area contributed by atoms with E-state index in [2.05, 4.69) is 10.3 Å². The Kier molecular flexibility index (Phi) is 5.33. The third kappa shape index (κ3) is 4.07. The van der Waals surface area contributed by atoms with Gasteiger partial charge in [0, 0.05) is 13.2 Å². The summed E-state index contributed by atoms with van der Waals surface area (Å²) in [5.41, 5.74) is 2.43. The maximum absolute atomic E-state index is 12.1. The minimum Gasteiger partial charge on any atom is -0.383 e. The molecular weight excluding hydrogens is 296 g/mol. The summed E-state index contributed by atoms with van der Waals surface area (Å²) in [4.78, 5) is 27.9. The van der Waals surface area contributed by atoms with Crippen LogP contribution in [-0.4, -0.2) is 40.0 Å². The number of amides is 1. The maximum atomic E-state index is 12.1. The number of hydrogen-bond donors (Lipinski definition) is 1. The van der Waals surface area contributed by atoms with Gasteiger partial charge in [0.25, 0.3) is 0 Å². The van der Waals surface area contributed by atoms with Gasteiger partial charge < -0.3 is 10.1 Å².